The normalized spacial score (nSPS) is 13.3. The van der Waals surface area contributed by atoms with Gasteiger partial charge in [0, 0.05) is 12.5 Å². The highest BCUT2D eigenvalue weighted by atomic mass is 32.2. The highest BCUT2D eigenvalue weighted by molar-refractivity contribution is 7.89. The highest BCUT2D eigenvalue weighted by Crippen LogP contribution is 2.05. The van der Waals surface area contributed by atoms with Crippen LogP contribution in [-0.2, 0) is 19.6 Å². The fraction of sp³-hybridized carbons (Fsp3) is 0.917. The Morgan fingerprint density at radius 3 is 2.50 bits per heavy atom. The van der Waals surface area contributed by atoms with Crippen molar-refractivity contribution in [3.63, 3.8) is 0 Å². The number of esters is 1. The van der Waals surface area contributed by atoms with Crippen molar-refractivity contribution in [3.05, 3.63) is 0 Å². The van der Waals surface area contributed by atoms with Crippen LogP contribution in [0.25, 0.3) is 0 Å². The van der Waals surface area contributed by atoms with Crippen molar-refractivity contribution in [1.82, 2.24) is 4.72 Å². The number of hydrogen-bond acceptors (Lipinski definition) is 4. The van der Waals surface area contributed by atoms with Gasteiger partial charge in [0.15, 0.2) is 0 Å². The summed E-state index contributed by atoms with van der Waals surface area (Å²) in [7, 11) is -1.98. The number of rotatable bonds is 10. The van der Waals surface area contributed by atoms with Gasteiger partial charge < -0.3 is 4.74 Å². The van der Waals surface area contributed by atoms with Crippen molar-refractivity contribution < 1.29 is 17.9 Å². The third-order valence-corrected chi connectivity index (χ3v) is 4.23. The fourth-order valence-corrected chi connectivity index (χ4v) is 3.01. The Bertz CT molecular complexity index is 327. The Hall–Kier alpha value is -0.620. The lowest BCUT2D eigenvalue weighted by molar-refractivity contribution is -0.140. The minimum Gasteiger partial charge on any atom is -0.469 e. The molecule has 0 saturated heterocycles. The molecule has 0 aromatic heterocycles. The monoisotopic (exact) mass is 279 g/mol. The van der Waals surface area contributed by atoms with Crippen LogP contribution in [0.3, 0.4) is 0 Å². The summed E-state index contributed by atoms with van der Waals surface area (Å²) in [6.07, 6.45) is 4.56. The first-order chi connectivity index (χ1) is 8.41. The number of ether oxygens (including phenoxy) is 1. The zero-order valence-electron chi connectivity index (χ0n) is 11.6. The molecule has 18 heavy (non-hydrogen) atoms. The van der Waals surface area contributed by atoms with Crippen molar-refractivity contribution >= 4 is 16.0 Å². The number of methoxy groups -OCH3 is 1. The predicted molar refractivity (Wildman–Crippen MR) is 71.8 cm³/mol. The van der Waals surface area contributed by atoms with Crippen LogP contribution in [0.2, 0.25) is 0 Å². The van der Waals surface area contributed by atoms with Crippen LogP contribution in [0.1, 0.15) is 52.4 Å². The Morgan fingerprint density at radius 2 is 1.94 bits per heavy atom. The number of sulfonamides is 1. The van der Waals surface area contributed by atoms with Gasteiger partial charge in [0.1, 0.15) is 0 Å². The van der Waals surface area contributed by atoms with Gasteiger partial charge in [-0.2, -0.15) is 0 Å². The average molecular weight is 279 g/mol. The maximum Gasteiger partial charge on any atom is 0.305 e. The predicted octanol–water partition coefficient (Wildman–Crippen LogP) is 1.83. The maximum absolute atomic E-state index is 11.7. The maximum atomic E-state index is 11.7. The van der Waals surface area contributed by atoms with E-state index in [4.69, 9.17) is 0 Å². The van der Waals surface area contributed by atoms with Gasteiger partial charge in [-0.05, 0) is 19.8 Å². The van der Waals surface area contributed by atoms with E-state index in [1.807, 2.05) is 6.92 Å². The molecule has 0 aliphatic rings. The van der Waals surface area contributed by atoms with Gasteiger partial charge in [0.2, 0.25) is 10.0 Å². The highest BCUT2D eigenvalue weighted by Gasteiger charge is 2.14. The molecule has 108 valence electrons. The summed E-state index contributed by atoms with van der Waals surface area (Å²) in [5.41, 5.74) is 0. The molecule has 0 aliphatic carbocycles. The minimum atomic E-state index is -3.28. The lowest BCUT2D eigenvalue weighted by atomic mass is 10.1. The average Bonchev–Trinajstić information content (AvgIpc) is 2.28. The number of nitrogens with one attached hydrogen (secondary N) is 1. The van der Waals surface area contributed by atoms with Crippen molar-refractivity contribution in [1.29, 1.82) is 0 Å². The second kappa shape index (κ2) is 9.33. The quantitative estimate of drug-likeness (QED) is 0.489. The minimum absolute atomic E-state index is 0.0276. The van der Waals surface area contributed by atoms with E-state index in [0.717, 1.165) is 25.7 Å². The summed E-state index contributed by atoms with van der Waals surface area (Å²) < 4.78 is 30.4. The lowest BCUT2D eigenvalue weighted by Crippen LogP contribution is -2.34. The molecular formula is C12H25NO4S. The Balaban J connectivity index is 3.88. The molecule has 1 unspecified atom stereocenters. The Morgan fingerprint density at radius 1 is 1.28 bits per heavy atom. The third-order valence-electron chi connectivity index (χ3n) is 2.64. The van der Waals surface area contributed by atoms with Crippen molar-refractivity contribution in [3.8, 4) is 0 Å². The molecule has 0 spiro atoms. The van der Waals surface area contributed by atoms with Gasteiger partial charge in [0.25, 0.3) is 0 Å². The second-order valence-corrected chi connectivity index (χ2v) is 6.39. The second-order valence-electron chi connectivity index (χ2n) is 4.51. The van der Waals surface area contributed by atoms with Crippen LogP contribution >= 0.6 is 0 Å². The van der Waals surface area contributed by atoms with Crippen LogP contribution < -0.4 is 4.72 Å². The smallest absolute Gasteiger partial charge is 0.305 e. The van der Waals surface area contributed by atoms with Crippen LogP contribution in [-0.4, -0.2) is 33.3 Å². The summed E-state index contributed by atoms with van der Waals surface area (Å²) in [6.45, 7) is 3.98. The van der Waals surface area contributed by atoms with Gasteiger partial charge in [-0.1, -0.05) is 26.2 Å². The molecule has 0 bridgehead atoms. The summed E-state index contributed by atoms with van der Waals surface area (Å²) in [5.74, 6) is -0.401. The Labute approximate surface area is 110 Å². The van der Waals surface area contributed by atoms with Crippen LogP contribution in [0.4, 0.5) is 0 Å². The topological polar surface area (TPSA) is 72.5 Å². The van der Waals surface area contributed by atoms with E-state index in [9.17, 15) is 13.2 Å². The molecular weight excluding hydrogens is 254 g/mol. The largest absolute Gasteiger partial charge is 0.469 e. The molecule has 1 N–H and O–H groups in total. The standard InChI is InChI=1S/C12H25NO4S/c1-4-5-6-8-11(2)13-18(15,16)10-7-9-12(14)17-3/h11,13H,4-10H2,1-3H3. The van der Waals surface area contributed by atoms with E-state index in [1.165, 1.54) is 7.11 Å². The van der Waals surface area contributed by atoms with Gasteiger partial charge in [0.05, 0.1) is 12.9 Å². The molecule has 0 aromatic rings. The van der Waals surface area contributed by atoms with E-state index < -0.39 is 10.0 Å². The molecule has 0 aromatic carbocycles. The molecule has 0 aliphatic heterocycles. The van der Waals surface area contributed by atoms with E-state index in [2.05, 4.69) is 16.4 Å². The van der Waals surface area contributed by atoms with Crippen molar-refractivity contribution in [2.24, 2.45) is 0 Å². The van der Waals surface area contributed by atoms with E-state index >= 15 is 0 Å². The summed E-state index contributed by atoms with van der Waals surface area (Å²) in [5, 5.41) is 0. The van der Waals surface area contributed by atoms with Crippen LogP contribution in [0.15, 0.2) is 0 Å². The summed E-state index contributed by atoms with van der Waals surface area (Å²) in [6, 6.07) is -0.0420. The lowest BCUT2D eigenvalue weighted by Gasteiger charge is -2.13. The van der Waals surface area contributed by atoms with E-state index in [1.54, 1.807) is 0 Å². The molecule has 1 atom stereocenters. The molecule has 6 heteroatoms. The van der Waals surface area contributed by atoms with Gasteiger partial charge >= 0.3 is 5.97 Å². The molecule has 0 amide bonds. The zero-order valence-corrected chi connectivity index (χ0v) is 12.4. The molecule has 0 rings (SSSR count). The first-order valence-electron chi connectivity index (χ1n) is 6.48. The van der Waals surface area contributed by atoms with Gasteiger partial charge in [-0.15, -0.1) is 0 Å². The SMILES string of the molecule is CCCCCC(C)NS(=O)(=O)CCCC(=O)OC. The van der Waals surface area contributed by atoms with Crippen molar-refractivity contribution in [2.75, 3.05) is 12.9 Å². The summed E-state index contributed by atoms with van der Waals surface area (Å²) in [4.78, 5) is 10.9. The van der Waals surface area contributed by atoms with E-state index in [-0.39, 0.29) is 24.2 Å². The van der Waals surface area contributed by atoms with Gasteiger partial charge in [-0.3, -0.25) is 4.79 Å². The molecule has 0 heterocycles. The number of unbranched alkanes of at least 4 members (excludes halogenated alkanes) is 2. The molecule has 0 fully saturated rings. The summed E-state index contributed by atoms with van der Waals surface area (Å²) >= 11 is 0. The molecule has 5 nitrogen and oxygen atoms in total. The van der Waals surface area contributed by atoms with Gasteiger partial charge in [-0.25, -0.2) is 13.1 Å². The number of carbonyl (C=O) groups is 1. The third kappa shape index (κ3) is 9.41. The Kier molecular flexibility index (Phi) is 9.01. The van der Waals surface area contributed by atoms with Crippen molar-refractivity contribution in [2.45, 2.75) is 58.4 Å². The number of carbonyl (C=O) groups excluding carboxylic acids is 1. The van der Waals surface area contributed by atoms with Crippen LogP contribution in [0, 0.1) is 0 Å². The van der Waals surface area contributed by atoms with E-state index in [0.29, 0.717) is 6.42 Å². The first kappa shape index (κ1) is 17.4. The first-order valence-corrected chi connectivity index (χ1v) is 8.13. The van der Waals surface area contributed by atoms with Crippen LogP contribution in [0.5, 0.6) is 0 Å². The fourth-order valence-electron chi connectivity index (χ4n) is 1.63. The molecule has 0 saturated carbocycles. The molecule has 0 radical (unpaired) electrons. The number of hydrogen-bond donors (Lipinski definition) is 1. The zero-order chi connectivity index (χ0) is 14.0.